The fourth-order valence-electron chi connectivity index (χ4n) is 1.39. The summed E-state index contributed by atoms with van der Waals surface area (Å²) in [6.45, 7) is 7.21. The minimum Gasteiger partial charge on any atom is -0.444 e. The quantitative estimate of drug-likeness (QED) is 0.854. The smallest absolute Gasteiger partial charge is 0.408 e. The topological polar surface area (TPSA) is 55.4 Å². The molecule has 0 saturated heterocycles. The molecule has 0 aliphatic rings. The average Bonchev–Trinajstić information content (AvgIpc) is 2.75. The van der Waals surface area contributed by atoms with E-state index < -0.39 is 17.7 Å². The molecule has 1 atom stereocenters. The molecule has 0 spiro atoms. The number of ether oxygens (including phenoxy) is 1. The highest BCUT2D eigenvalue weighted by molar-refractivity contribution is 7.12. The average molecular weight is 269 g/mol. The van der Waals surface area contributed by atoms with Gasteiger partial charge in [-0.25, -0.2) is 4.79 Å². The molecule has 0 aromatic carbocycles. The summed E-state index contributed by atoms with van der Waals surface area (Å²) in [4.78, 5) is 24.3. The van der Waals surface area contributed by atoms with E-state index >= 15 is 0 Å². The zero-order valence-corrected chi connectivity index (χ0v) is 12.0. The van der Waals surface area contributed by atoms with Crippen molar-refractivity contribution >= 4 is 23.2 Å². The van der Waals surface area contributed by atoms with Gasteiger partial charge in [-0.1, -0.05) is 13.0 Å². The molecule has 0 radical (unpaired) electrons. The van der Waals surface area contributed by atoms with Crippen molar-refractivity contribution in [1.29, 1.82) is 0 Å². The molecule has 4 nitrogen and oxygen atoms in total. The Morgan fingerprint density at radius 3 is 2.56 bits per heavy atom. The van der Waals surface area contributed by atoms with Crippen molar-refractivity contribution in [2.75, 3.05) is 0 Å². The van der Waals surface area contributed by atoms with Gasteiger partial charge in [0.2, 0.25) is 0 Å². The summed E-state index contributed by atoms with van der Waals surface area (Å²) in [6, 6.07) is 3.04. The SMILES string of the molecule is CCC(NC(=O)OC(C)(C)C)C(=O)c1cccs1. The van der Waals surface area contributed by atoms with Crippen LogP contribution in [0.5, 0.6) is 0 Å². The molecule has 0 aliphatic heterocycles. The van der Waals surface area contributed by atoms with Crippen molar-refractivity contribution in [2.24, 2.45) is 0 Å². The molecule has 1 aromatic rings. The van der Waals surface area contributed by atoms with E-state index in [0.717, 1.165) is 0 Å². The first kappa shape index (κ1) is 14.7. The Hall–Kier alpha value is -1.36. The summed E-state index contributed by atoms with van der Waals surface area (Å²) in [6.07, 6.45) is -0.0186. The van der Waals surface area contributed by atoms with Gasteiger partial charge in [0.1, 0.15) is 5.60 Å². The van der Waals surface area contributed by atoms with Gasteiger partial charge < -0.3 is 10.1 Å². The number of Topliss-reactive ketones (excluding diaryl/α,β-unsaturated/α-hetero) is 1. The van der Waals surface area contributed by atoms with E-state index in [2.05, 4.69) is 5.32 Å². The van der Waals surface area contributed by atoms with Gasteiger partial charge in [-0.15, -0.1) is 11.3 Å². The predicted molar refractivity (Wildman–Crippen MR) is 72.1 cm³/mol. The number of carbonyl (C=O) groups is 2. The molecule has 1 aromatic heterocycles. The Bertz CT molecular complexity index is 406. The highest BCUT2D eigenvalue weighted by atomic mass is 32.1. The molecular formula is C13H19NO3S. The summed E-state index contributed by atoms with van der Waals surface area (Å²) < 4.78 is 5.14. The second kappa shape index (κ2) is 6.00. The van der Waals surface area contributed by atoms with E-state index in [-0.39, 0.29) is 5.78 Å². The molecule has 5 heteroatoms. The standard InChI is InChI=1S/C13H19NO3S/c1-5-9(11(15)10-7-6-8-18-10)14-12(16)17-13(2,3)4/h6-9H,5H2,1-4H3,(H,14,16). The fraction of sp³-hybridized carbons (Fsp3) is 0.538. The van der Waals surface area contributed by atoms with Gasteiger partial charge in [0, 0.05) is 0 Å². The van der Waals surface area contributed by atoms with Crippen LogP contribution in [0.4, 0.5) is 4.79 Å². The molecular weight excluding hydrogens is 250 g/mol. The van der Waals surface area contributed by atoms with Crippen LogP contribution >= 0.6 is 11.3 Å². The van der Waals surface area contributed by atoms with E-state index in [0.29, 0.717) is 11.3 Å². The summed E-state index contributed by atoms with van der Waals surface area (Å²) in [7, 11) is 0. The molecule has 18 heavy (non-hydrogen) atoms. The van der Waals surface area contributed by atoms with Crippen LogP contribution in [-0.2, 0) is 4.74 Å². The van der Waals surface area contributed by atoms with Crippen LogP contribution in [0.15, 0.2) is 17.5 Å². The first-order valence-electron chi connectivity index (χ1n) is 5.90. The largest absolute Gasteiger partial charge is 0.444 e. The maximum Gasteiger partial charge on any atom is 0.408 e. The molecule has 0 aliphatic carbocycles. The molecule has 0 bridgehead atoms. The van der Waals surface area contributed by atoms with Crippen LogP contribution in [0.1, 0.15) is 43.8 Å². The highest BCUT2D eigenvalue weighted by Gasteiger charge is 2.24. The molecule has 100 valence electrons. The maximum atomic E-state index is 12.1. The number of ketones is 1. The number of alkyl carbamates (subject to hydrolysis) is 1. The number of amides is 1. The van der Waals surface area contributed by atoms with Crippen molar-refractivity contribution < 1.29 is 14.3 Å². The number of hydrogen-bond acceptors (Lipinski definition) is 4. The van der Waals surface area contributed by atoms with Crippen molar-refractivity contribution in [2.45, 2.75) is 45.8 Å². The third-order valence-electron chi connectivity index (χ3n) is 2.18. The summed E-state index contributed by atoms with van der Waals surface area (Å²) >= 11 is 1.37. The molecule has 1 amide bonds. The van der Waals surface area contributed by atoms with Gasteiger partial charge >= 0.3 is 6.09 Å². The Labute approximate surface area is 111 Å². The minimum absolute atomic E-state index is 0.0710. The van der Waals surface area contributed by atoms with E-state index in [1.54, 1.807) is 26.8 Å². The van der Waals surface area contributed by atoms with E-state index in [1.165, 1.54) is 11.3 Å². The van der Waals surface area contributed by atoms with Gasteiger partial charge in [0.25, 0.3) is 0 Å². The van der Waals surface area contributed by atoms with E-state index in [9.17, 15) is 9.59 Å². The lowest BCUT2D eigenvalue weighted by atomic mass is 10.1. The van der Waals surface area contributed by atoms with E-state index in [4.69, 9.17) is 4.74 Å². The van der Waals surface area contributed by atoms with Crippen LogP contribution in [0, 0.1) is 0 Å². The maximum absolute atomic E-state index is 12.1. The predicted octanol–water partition coefficient (Wildman–Crippen LogP) is 3.23. The molecule has 1 unspecified atom stereocenters. The monoisotopic (exact) mass is 269 g/mol. The summed E-state index contributed by atoms with van der Waals surface area (Å²) in [5, 5.41) is 4.45. The second-order valence-electron chi connectivity index (χ2n) is 4.95. The number of thiophene rings is 1. The molecule has 1 rings (SSSR count). The van der Waals surface area contributed by atoms with Crippen LogP contribution < -0.4 is 5.32 Å². The van der Waals surface area contributed by atoms with Gasteiger partial charge in [-0.05, 0) is 38.6 Å². The lowest BCUT2D eigenvalue weighted by Crippen LogP contribution is -2.42. The zero-order valence-electron chi connectivity index (χ0n) is 11.1. The lowest BCUT2D eigenvalue weighted by molar-refractivity contribution is 0.0490. The Morgan fingerprint density at radius 1 is 1.44 bits per heavy atom. The summed E-state index contributed by atoms with van der Waals surface area (Å²) in [5.41, 5.74) is -0.561. The van der Waals surface area contributed by atoms with Gasteiger partial charge in [0.15, 0.2) is 5.78 Å². The van der Waals surface area contributed by atoms with E-state index in [1.807, 2.05) is 18.4 Å². The van der Waals surface area contributed by atoms with Crippen LogP contribution in [0.3, 0.4) is 0 Å². The highest BCUT2D eigenvalue weighted by Crippen LogP contribution is 2.13. The van der Waals surface area contributed by atoms with Gasteiger partial charge in [0.05, 0.1) is 10.9 Å². The van der Waals surface area contributed by atoms with Gasteiger partial charge in [-0.2, -0.15) is 0 Å². The normalized spacial score (nSPS) is 12.9. The fourth-order valence-corrected chi connectivity index (χ4v) is 2.11. The van der Waals surface area contributed by atoms with Gasteiger partial charge in [-0.3, -0.25) is 4.79 Å². The van der Waals surface area contributed by atoms with Crippen LogP contribution in [0.25, 0.3) is 0 Å². The third-order valence-corrected chi connectivity index (χ3v) is 3.06. The number of nitrogens with one attached hydrogen (secondary N) is 1. The molecule has 0 saturated carbocycles. The molecule has 1 N–H and O–H groups in total. The van der Waals surface area contributed by atoms with Crippen molar-refractivity contribution in [3.63, 3.8) is 0 Å². The Kier molecular flexibility index (Phi) is 4.90. The summed E-state index contributed by atoms with van der Waals surface area (Å²) in [5.74, 6) is -0.0710. The Morgan fingerprint density at radius 2 is 2.11 bits per heavy atom. The number of carbonyl (C=O) groups excluding carboxylic acids is 2. The second-order valence-corrected chi connectivity index (χ2v) is 5.90. The lowest BCUT2D eigenvalue weighted by Gasteiger charge is -2.22. The Balaban J connectivity index is 2.63. The minimum atomic E-state index is -0.561. The van der Waals surface area contributed by atoms with Crippen LogP contribution in [0.2, 0.25) is 0 Å². The number of rotatable bonds is 4. The van der Waals surface area contributed by atoms with Crippen molar-refractivity contribution in [3.05, 3.63) is 22.4 Å². The third kappa shape index (κ3) is 4.49. The number of hydrogen-bond donors (Lipinski definition) is 1. The van der Waals surface area contributed by atoms with Crippen LogP contribution in [-0.4, -0.2) is 23.5 Å². The van der Waals surface area contributed by atoms with Crippen molar-refractivity contribution in [3.8, 4) is 0 Å². The molecule has 1 heterocycles. The zero-order chi connectivity index (χ0) is 13.8. The first-order valence-corrected chi connectivity index (χ1v) is 6.78. The molecule has 0 fully saturated rings. The first-order chi connectivity index (χ1) is 8.33. The van der Waals surface area contributed by atoms with Crippen molar-refractivity contribution in [1.82, 2.24) is 5.32 Å².